The Morgan fingerprint density at radius 3 is 2.45 bits per heavy atom. The van der Waals surface area contributed by atoms with E-state index in [-0.39, 0.29) is 17.3 Å². The third-order valence-electron chi connectivity index (χ3n) is 4.81. The average molecular weight is 482 g/mol. The Bertz CT molecular complexity index is 1310. The summed E-state index contributed by atoms with van der Waals surface area (Å²) in [6, 6.07) is 16.5. The quantitative estimate of drug-likeness (QED) is 0.258. The Hall–Kier alpha value is -3.61. The van der Waals surface area contributed by atoms with E-state index in [0.717, 1.165) is 5.56 Å². The van der Waals surface area contributed by atoms with Crippen molar-refractivity contribution in [2.75, 3.05) is 7.11 Å². The molecule has 0 fully saturated rings. The lowest BCUT2D eigenvalue weighted by atomic mass is 10.1. The number of esters is 2. The van der Waals surface area contributed by atoms with Gasteiger partial charge < -0.3 is 14.2 Å². The standard InChI is InChI=1S/C25H17Cl2NO5/c1-14-3-5-17(13-19(14)27)23-28-20(25(30)33-23)11-15-4-10-21(22(12-15)31-2)32-24(29)16-6-8-18(26)9-7-16/h3-13H,1-2H3/b20-11-. The van der Waals surface area contributed by atoms with Crippen molar-refractivity contribution in [3.05, 3.63) is 98.7 Å². The average Bonchev–Trinajstić information content (AvgIpc) is 3.17. The second-order valence-electron chi connectivity index (χ2n) is 7.11. The predicted molar refractivity (Wildman–Crippen MR) is 126 cm³/mol. The monoisotopic (exact) mass is 481 g/mol. The van der Waals surface area contributed by atoms with E-state index in [1.165, 1.54) is 7.11 Å². The van der Waals surface area contributed by atoms with Gasteiger partial charge in [-0.3, -0.25) is 0 Å². The molecule has 1 aliphatic heterocycles. The zero-order valence-electron chi connectivity index (χ0n) is 17.6. The van der Waals surface area contributed by atoms with Crippen molar-refractivity contribution in [2.45, 2.75) is 6.92 Å². The Morgan fingerprint density at radius 1 is 1.00 bits per heavy atom. The fourth-order valence-electron chi connectivity index (χ4n) is 3.02. The first-order valence-corrected chi connectivity index (χ1v) is 10.5. The van der Waals surface area contributed by atoms with Gasteiger partial charge in [0.2, 0.25) is 5.90 Å². The maximum Gasteiger partial charge on any atom is 0.363 e. The molecule has 0 bridgehead atoms. The van der Waals surface area contributed by atoms with Crippen molar-refractivity contribution in [3.8, 4) is 11.5 Å². The molecule has 0 unspecified atom stereocenters. The summed E-state index contributed by atoms with van der Waals surface area (Å²) in [5.41, 5.74) is 2.58. The van der Waals surface area contributed by atoms with Crippen molar-refractivity contribution >= 4 is 47.1 Å². The number of ether oxygens (including phenoxy) is 3. The molecule has 1 heterocycles. The molecule has 0 N–H and O–H groups in total. The summed E-state index contributed by atoms with van der Waals surface area (Å²) in [7, 11) is 1.45. The zero-order chi connectivity index (χ0) is 23.5. The largest absolute Gasteiger partial charge is 0.493 e. The molecule has 33 heavy (non-hydrogen) atoms. The first-order chi connectivity index (χ1) is 15.8. The molecular weight excluding hydrogens is 465 g/mol. The lowest BCUT2D eigenvalue weighted by molar-refractivity contribution is -0.129. The summed E-state index contributed by atoms with van der Waals surface area (Å²) in [4.78, 5) is 29.0. The molecule has 0 radical (unpaired) electrons. The predicted octanol–water partition coefficient (Wildman–Crippen LogP) is 5.87. The number of cyclic esters (lactones) is 1. The normalized spacial score (nSPS) is 14.1. The number of rotatable bonds is 5. The third-order valence-corrected chi connectivity index (χ3v) is 5.47. The van der Waals surface area contributed by atoms with Gasteiger partial charge in [0, 0.05) is 15.6 Å². The zero-order valence-corrected chi connectivity index (χ0v) is 19.1. The molecular formula is C25H17Cl2NO5. The lowest BCUT2D eigenvalue weighted by Gasteiger charge is -2.10. The van der Waals surface area contributed by atoms with Crippen LogP contribution >= 0.6 is 23.2 Å². The molecule has 3 aromatic carbocycles. The summed E-state index contributed by atoms with van der Waals surface area (Å²) in [5.74, 6) is -0.423. The van der Waals surface area contributed by atoms with Crippen molar-refractivity contribution in [1.29, 1.82) is 0 Å². The summed E-state index contributed by atoms with van der Waals surface area (Å²) in [6.45, 7) is 1.88. The minimum absolute atomic E-state index is 0.120. The summed E-state index contributed by atoms with van der Waals surface area (Å²) >= 11 is 12.0. The molecule has 1 aliphatic rings. The number of methoxy groups -OCH3 is 1. The fourth-order valence-corrected chi connectivity index (χ4v) is 3.33. The van der Waals surface area contributed by atoms with Gasteiger partial charge in [0.25, 0.3) is 0 Å². The number of hydrogen-bond acceptors (Lipinski definition) is 6. The topological polar surface area (TPSA) is 74.2 Å². The highest BCUT2D eigenvalue weighted by Crippen LogP contribution is 2.31. The maximum absolute atomic E-state index is 12.4. The molecule has 0 saturated heterocycles. The Kier molecular flexibility index (Phi) is 6.49. The van der Waals surface area contributed by atoms with Crippen LogP contribution in [0.3, 0.4) is 0 Å². The number of aryl methyl sites for hydroxylation is 1. The van der Waals surface area contributed by atoms with Crippen LogP contribution in [0.4, 0.5) is 0 Å². The Morgan fingerprint density at radius 2 is 1.76 bits per heavy atom. The van der Waals surface area contributed by atoms with Crippen molar-refractivity contribution in [2.24, 2.45) is 4.99 Å². The molecule has 0 amide bonds. The van der Waals surface area contributed by atoms with Gasteiger partial charge >= 0.3 is 11.9 Å². The van der Waals surface area contributed by atoms with E-state index in [2.05, 4.69) is 4.99 Å². The lowest BCUT2D eigenvalue weighted by Crippen LogP contribution is -2.09. The molecule has 0 aromatic heterocycles. The molecule has 8 heteroatoms. The van der Waals surface area contributed by atoms with Crippen LogP contribution in [-0.2, 0) is 9.53 Å². The van der Waals surface area contributed by atoms with Crippen LogP contribution in [0.2, 0.25) is 10.0 Å². The number of carbonyl (C=O) groups is 2. The first kappa shape index (κ1) is 22.6. The van der Waals surface area contributed by atoms with E-state index in [9.17, 15) is 9.59 Å². The van der Waals surface area contributed by atoms with Crippen LogP contribution < -0.4 is 9.47 Å². The highest BCUT2D eigenvalue weighted by Gasteiger charge is 2.24. The van der Waals surface area contributed by atoms with Crippen LogP contribution in [0.5, 0.6) is 11.5 Å². The Labute approximate surface area is 200 Å². The van der Waals surface area contributed by atoms with Gasteiger partial charge in [-0.1, -0.05) is 35.3 Å². The number of nitrogens with zero attached hydrogens (tertiary/aromatic N) is 1. The van der Waals surface area contributed by atoms with Gasteiger partial charge in [0.1, 0.15) is 0 Å². The maximum atomic E-state index is 12.4. The number of hydrogen-bond donors (Lipinski definition) is 0. The Balaban J connectivity index is 1.57. The number of carbonyl (C=O) groups excluding carboxylic acids is 2. The van der Waals surface area contributed by atoms with Crippen LogP contribution in [0.15, 0.2) is 71.4 Å². The smallest absolute Gasteiger partial charge is 0.363 e. The van der Waals surface area contributed by atoms with Crippen molar-refractivity contribution in [3.63, 3.8) is 0 Å². The second-order valence-corrected chi connectivity index (χ2v) is 7.95. The van der Waals surface area contributed by atoms with Gasteiger partial charge in [-0.15, -0.1) is 0 Å². The van der Waals surface area contributed by atoms with Gasteiger partial charge in [0.15, 0.2) is 17.2 Å². The van der Waals surface area contributed by atoms with Crippen molar-refractivity contribution < 1.29 is 23.8 Å². The van der Waals surface area contributed by atoms with Gasteiger partial charge in [-0.25, -0.2) is 14.6 Å². The van der Waals surface area contributed by atoms with E-state index in [0.29, 0.717) is 32.5 Å². The van der Waals surface area contributed by atoms with Crippen molar-refractivity contribution in [1.82, 2.24) is 0 Å². The minimum atomic E-state index is -0.584. The van der Waals surface area contributed by atoms with E-state index in [4.69, 9.17) is 37.4 Å². The van der Waals surface area contributed by atoms with E-state index in [1.54, 1.807) is 60.7 Å². The van der Waals surface area contributed by atoms with E-state index >= 15 is 0 Å². The van der Waals surface area contributed by atoms with Gasteiger partial charge in [-0.2, -0.15) is 0 Å². The molecule has 0 saturated carbocycles. The number of benzene rings is 3. The summed E-state index contributed by atoms with van der Waals surface area (Å²) in [6.07, 6.45) is 1.55. The second kappa shape index (κ2) is 9.48. The molecule has 3 aromatic rings. The first-order valence-electron chi connectivity index (χ1n) is 9.79. The fraction of sp³-hybridized carbons (Fsp3) is 0.0800. The van der Waals surface area contributed by atoms with Crippen LogP contribution in [0, 0.1) is 6.92 Å². The number of aliphatic imine (C=N–C) groups is 1. The molecule has 6 nitrogen and oxygen atoms in total. The number of halogens is 2. The molecule has 0 aliphatic carbocycles. The van der Waals surface area contributed by atoms with Crippen LogP contribution in [0.1, 0.15) is 27.0 Å². The highest BCUT2D eigenvalue weighted by molar-refractivity contribution is 6.32. The minimum Gasteiger partial charge on any atom is -0.493 e. The van der Waals surface area contributed by atoms with E-state index in [1.807, 2.05) is 13.0 Å². The summed E-state index contributed by atoms with van der Waals surface area (Å²) in [5, 5.41) is 1.07. The highest BCUT2D eigenvalue weighted by atomic mass is 35.5. The molecule has 4 rings (SSSR count). The molecule has 0 atom stereocenters. The van der Waals surface area contributed by atoms with Crippen LogP contribution in [-0.4, -0.2) is 24.9 Å². The van der Waals surface area contributed by atoms with E-state index < -0.39 is 11.9 Å². The summed E-state index contributed by atoms with van der Waals surface area (Å²) < 4.78 is 16.1. The van der Waals surface area contributed by atoms with Gasteiger partial charge in [0.05, 0.1) is 12.7 Å². The van der Waals surface area contributed by atoms with Gasteiger partial charge in [-0.05, 0) is 72.7 Å². The third kappa shape index (κ3) is 5.08. The van der Waals surface area contributed by atoms with Crippen LogP contribution in [0.25, 0.3) is 6.08 Å². The SMILES string of the molecule is COc1cc(/C=C2\N=C(c3ccc(C)c(Cl)c3)OC2=O)ccc1OC(=O)c1ccc(Cl)cc1. The molecule has 166 valence electrons. The molecule has 0 spiro atoms.